The van der Waals surface area contributed by atoms with E-state index < -0.39 is 0 Å². The molecule has 0 radical (unpaired) electrons. The molecule has 0 aliphatic heterocycles. The van der Waals surface area contributed by atoms with Crippen LogP contribution >= 0.6 is 35.5 Å². The number of hydrogen-bond donors (Lipinski definition) is 0. The summed E-state index contributed by atoms with van der Waals surface area (Å²) in [5.74, 6) is 0.620. The van der Waals surface area contributed by atoms with Crippen LogP contribution in [0.3, 0.4) is 0 Å². The number of carbonyl (C=O) groups excluding carboxylic acids is 1. The average Bonchev–Trinajstić information content (AvgIpc) is 3.20. The monoisotopic (exact) mass is 465 g/mol. The molecule has 0 saturated heterocycles. The van der Waals surface area contributed by atoms with E-state index in [2.05, 4.69) is 30.9 Å². The fraction of sp³-hybridized carbons (Fsp3) is 0.364. The van der Waals surface area contributed by atoms with Crippen LogP contribution in [0.1, 0.15) is 24.2 Å². The van der Waals surface area contributed by atoms with Crippen molar-refractivity contribution in [3.05, 3.63) is 48.0 Å². The summed E-state index contributed by atoms with van der Waals surface area (Å²) in [5, 5.41) is 0.737. The summed E-state index contributed by atoms with van der Waals surface area (Å²) in [6.45, 7) is 7.57. The fourth-order valence-corrected chi connectivity index (χ4v) is 4.81. The zero-order valence-electron chi connectivity index (χ0n) is 17.8. The van der Waals surface area contributed by atoms with Crippen molar-refractivity contribution in [1.82, 2.24) is 9.88 Å². The highest BCUT2D eigenvalue weighted by Crippen LogP contribution is 2.34. The number of benzene rings is 2. The van der Waals surface area contributed by atoms with Gasteiger partial charge in [-0.3, -0.25) is 9.69 Å². The topological polar surface area (TPSA) is 45.7 Å². The molecule has 0 N–H and O–H groups in total. The molecule has 1 heterocycles. The molecular formula is C22H28ClN3O2S2. The predicted molar refractivity (Wildman–Crippen MR) is 131 cm³/mol. The molecule has 0 saturated carbocycles. The average molecular weight is 466 g/mol. The van der Waals surface area contributed by atoms with E-state index in [9.17, 15) is 4.79 Å². The summed E-state index contributed by atoms with van der Waals surface area (Å²) in [7, 11) is 1.61. The first-order chi connectivity index (χ1) is 14.1. The molecule has 1 aromatic heterocycles. The number of rotatable bonds is 9. The van der Waals surface area contributed by atoms with Gasteiger partial charge in [-0.1, -0.05) is 37.3 Å². The van der Waals surface area contributed by atoms with Crippen molar-refractivity contribution >= 4 is 56.8 Å². The van der Waals surface area contributed by atoms with Crippen LogP contribution in [0.15, 0.2) is 47.4 Å². The van der Waals surface area contributed by atoms with Crippen LogP contribution in [0.5, 0.6) is 5.75 Å². The second-order valence-electron chi connectivity index (χ2n) is 6.52. The molecule has 0 fully saturated rings. The zero-order chi connectivity index (χ0) is 20.8. The summed E-state index contributed by atoms with van der Waals surface area (Å²) in [6.07, 6.45) is 2.05. The first-order valence-corrected chi connectivity index (χ1v) is 11.8. The Hall–Kier alpha value is -1.80. The third kappa shape index (κ3) is 5.46. The van der Waals surface area contributed by atoms with Crippen molar-refractivity contribution in [2.45, 2.75) is 18.7 Å². The van der Waals surface area contributed by atoms with Gasteiger partial charge in [0, 0.05) is 23.5 Å². The maximum atomic E-state index is 13.4. The minimum absolute atomic E-state index is 0. The van der Waals surface area contributed by atoms with E-state index in [0.29, 0.717) is 17.9 Å². The Morgan fingerprint density at radius 2 is 1.87 bits per heavy atom. The second kappa shape index (κ2) is 11.6. The maximum Gasteiger partial charge on any atom is 0.260 e. The molecule has 30 heavy (non-hydrogen) atoms. The maximum absolute atomic E-state index is 13.4. The van der Waals surface area contributed by atoms with Gasteiger partial charge in [0.05, 0.1) is 17.3 Å². The van der Waals surface area contributed by atoms with Crippen LogP contribution in [-0.4, -0.2) is 55.3 Å². The van der Waals surface area contributed by atoms with Gasteiger partial charge in [-0.05, 0) is 49.7 Å². The largest absolute Gasteiger partial charge is 0.497 e. The van der Waals surface area contributed by atoms with Gasteiger partial charge in [0.15, 0.2) is 5.13 Å². The number of halogens is 1. The number of likely N-dealkylation sites (N-methyl/N-ethyl adjacent to an activating group) is 1. The number of thiazole rings is 1. The third-order valence-electron chi connectivity index (χ3n) is 4.92. The summed E-state index contributed by atoms with van der Waals surface area (Å²) >= 11 is 3.24. The number of methoxy groups -OCH3 is 1. The molecule has 162 valence electrons. The van der Waals surface area contributed by atoms with Gasteiger partial charge in [-0.2, -0.15) is 0 Å². The number of carbonyl (C=O) groups is 1. The van der Waals surface area contributed by atoms with E-state index in [1.54, 1.807) is 36.3 Å². The number of nitrogens with zero attached hydrogens (tertiary/aromatic N) is 3. The summed E-state index contributed by atoms with van der Waals surface area (Å²) < 4.78 is 6.40. The number of ether oxygens (including phenoxy) is 1. The molecule has 0 bridgehead atoms. The zero-order valence-corrected chi connectivity index (χ0v) is 20.2. The van der Waals surface area contributed by atoms with Crippen LogP contribution in [0, 0.1) is 0 Å². The molecule has 3 rings (SSSR count). The standard InChI is InChI=1S/C22H27N3O2S2.ClH/c1-5-24(6-2)13-14-25(21(26)16-9-7-10-17(15-16)27-3)22-23-20-18(28-4)11-8-12-19(20)29-22;/h7-12,15H,5-6,13-14H2,1-4H3;1H. The summed E-state index contributed by atoms with van der Waals surface area (Å²) in [4.78, 5) is 23.5. The van der Waals surface area contributed by atoms with Crippen molar-refractivity contribution < 1.29 is 9.53 Å². The molecular weight excluding hydrogens is 438 g/mol. The SMILES string of the molecule is CCN(CC)CCN(C(=O)c1cccc(OC)c1)c1nc2c(SC)cccc2s1.Cl. The van der Waals surface area contributed by atoms with Gasteiger partial charge < -0.3 is 9.64 Å². The highest BCUT2D eigenvalue weighted by atomic mass is 35.5. The molecule has 0 aliphatic rings. The minimum atomic E-state index is -0.0548. The first-order valence-electron chi connectivity index (χ1n) is 9.73. The predicted octanol–water partition coefficient (Wildman–Crippen LogP) is 5.44. The van der Waals surface area contributed by atoms with Gasteiger partial charge in [0.1, 0.15) is 5.75 Å². The second-order valence-corrected chi connectivity index (χ2v) is 8.38. The Morgan fingerprint density at radius 1 is 1.13 bits per heavy atom. The Morgan fingerprint density at radius 3 is 2.53 bits per heavy atom. The van der Waals surface area contributed by atoms with Gasteiger partial charge >= 0.3 is 0 Å². The number of hydrogen-bond acceptors (Lipinski definition) is 6. The number of fused-ring (bicyclic) bond motifs is 1. The van der Waals surface area contributed by atoms with Crippen LogP contribution in [0.4, 0.5) is 5.13 Å². The number of aromatic nitrogens is 1. The Labute approximate surface area is 192 Å². The van der Waals surface area contributed by atoms with E-state index in [1.807, 2.05) is 35.4 Å². The van der Waals surface area contributed by atoms with E-state index in [-0.39, 0.29) is 18.3 Å². The number of anilines is 1. The Kier molecular flexibility index (Phi) is 9.42. The highest BCUT2D eigenvalue weighted by Gasteiger charge is 2.23. The fourth-order valence-electron chi connectivity index (χ4n) is 3.17. The minimum Gasteiger partial charge on any atom is -0.497 e. The molecule has 3 aromatic rings. The molecule has 1 amide bonds. The normalized spacial score (nSPS) is 10.8. The lowest BCUT2D eigenvalue weighted by Crippen LogP contribution is -2.38. The Bertz CT molecular complexity index is 976. The molecule has 0 spiro atoms. The molecule has 8 heteroatoms. The lowest BCUT2D eigenvalue weighted by atomic mass is 10.2. The van der Waals surface area contributed by atoms with Crippen molar-refractivity contribution in [2.75, 3.05) is 44.4 Å². The van der Waals surface area contributed by atoms with E-state index in [0.717, 1.165) is 39.9 Å². The summed E-state index contributed by atoms with van der Waals surface area (Å²) in [6, 6.07) is 13.5. The van der Waals surface area contributed by atoms with E-state index in [1.165, 1.54) is 0 Å². The lowest BCUT2D eigenvalue weighted by Gasteiger charge is -2.24. The third-order valence-corrected chi connectivity index (χ3v) is 6.73. The molecule has 0 atom stereocenters. The molecule has 5 nitrogen and oxygen atoms in total. The quantitative estimate of drug-likeness (QED) is 0.394. The first kappa shape index (κ1) is 24.5. The Balaban J connectivity index is 0.00000320. The molecule has 0 aliphatic carbocycles. The van der Waals surface area contributed by atoms with Crippen molar-refractivity contribution in [1.29, 1.82) is 0 Å². The van der Waals surface area contributed by atoms with Crippen molar-refractivity contribution in [3.8, 4) is 5.75 Å². The van der Waals surface area contributed by atoms with Gasteiger partial charge in [0.25, 0.3) is 5.91 Å². The number of para-hydroxylation sites is 1. The van der Waals surface area contributed by atoms with Gasteiger partial charge in [-0.15, -0.1) is 24.2 Å². The number of amides is 1. The van der Waals surface area contributed by atoms with E-state index >= 15 is 0 Å². The molecule has 2 aromatic carbocycles. The molecule has 0 unspecified atom stereocenters. The summed E-state index contributed by atoms with van der Waals surface area (Å²) in [5.41, 5.74) is 1.57. The van der Waals surface area contributed by atoms with Crippen LogP contribution in [-0.2, 0) is 0 Å². The smallest absolute Gasteiger partial charge is 0.260 e. The van der Waals surface area contributed by atoms with Crippen molar-refractivity contribution in [2.24, 2.45) is 0 Å². The van der Waals surface area contributed by atoms with Gasteiger partial charge in [0.2, 0.25) is 0 Å². The number of thioether (sulfide) groups is 1. The van der Waals surface area contributed by atoms with E-state index in [4.69, 9.17) is 9.72 Å². The van der Waals surface area contributed by atoms with Gasteiger partial charge in [-0.25, -0.2) is 4.98 Å². The highest BCUT2D eigenvalue weighted by molar-refractivity contribution is 7.98. The lowest BCUT2D eigenvalue weighted by molar-refractivity contribution is 0.0983. The van der Waals surface area contributed by atoms with Crippen molar-refractivity contribution in [3.63, 3.8) is 0 Å². The van der Waals surface area contributed by atoms with Crippen LogP contribution < -0.4 is 9.64 Å². The van der Waals surface area contributed by atoms with Crippen LogP contribution in [0.25, 0.3) is 10.2 Å². The van der Waals surface area contributed by atoms with Crippen LogP contribution in [0.2, 0.25) is 0 Å².